The van der Waals surface area contributed by atoms with Crippen LogP contribution in [0.1, 0.15) is 50.4 Å². The van der Waals surface area contributed by atoms with Gasteiger partial charge in [-0.15, -0.1) is 0 Å². The van der Waals surface area contributed by atoms with Crippen LogP contribution in [0.2, 0.25) is 0 Å². The molecule has 1 aromatic rings. The third-order valence-electron chi connectivity index (χ3n) is 2.17. The van der Waals surface area contributed by atoms with E-state index in [4.69, 9.17) is 4.42 Å². The van der Waals surface area contributed by atoms with E-state index < -0.39 is 0 Å². The van der Waals surface area contributed by atoms with Gasteiger partial charge in [0.05, 0.1) is 11.8 Å². The van der Waals surface area contributed by atoms with E-state index in [1.165, 1.54) is 12.5 Å². The van der Waals surface area contributed by atoms with Gasteiger partial charge in [-0.25, -0.2) is 0 Å². The lowest BCUT2D eigenvalue weighted by molar-refractivity contribution is 0.0975. The lowest BCUT2D eigenvalue weighted by Gasteiger charge is -2.16. The van der Waals surface area contributed by atoms with Gasteiger partial charge in [0, 0.05) is 6.42 Å². The molecule has 1 rings (SSSR count). The lowest BCUT2D eigenvalue weighted by Crippen LogP contribution is -2.06. The summed E-state index contributed by atoms with van der Waals surface area (Å²) >= 11 is 0. The summed E-state index contributed by atoms with van der Waals surface area (Å²) in [6.45, 7) is 6.57. The summed E-state index contributed by atoms with van der Waals surface area (Å²) in [5.41, 5.74) is 1.01. The number of carbonyl (C=O) groups is 1. The Bertz CT molecular complexity index is 278. The van der Waals surface area contributed by atoms with Gasteiger partial charge in [-0.05, 0) is 24.3 Å². The van der Waals surface area contributed by atoms with Gasteiger partial charge in [-0.2, -0.15) is 0 Å². The van der Waals surface area contributed by atoms with Crippen molar-refractivity contribution in [3.8, 4) is 0 Å². The van der Waals surface area contributed by atoms with E-state index in [1.807, 2.05) is 0 Å². The van der Waals surface area contributed by atoms with Gasteiger partial charge < -0.3 is 4.42 Å². The molecule has 1 heterocycles. The van der Waals surface area contributed by atoms with Crippen LogP contribution < -0.4 is 0 Å². The van der Waals surface area contributed by atoms with Crippen molar-refractivity contribution < 1.29 is 9.21 Å². The molecule has 2 nitrogen and oxygen atoms in total. The first-order chi connectivity index (χ1) is 6.49. The molecule has 0 spiro atoms. The first kappa shape index (κ1) is 11.0. The van der Waals surface area contributed by atoms with Crippen LogP contribution in [0, 0.1) is 5.41 Å². The molecule has 0 N–H and O–H groups in total. The number of rotatable bonds is 4. The topological polar surface area (TPSA) is 30.2 Å². The maximum atomic E-state index is 11.5. The second kappa shape index (κ2) is 4.45. The zero-order valence-corrected chi connectivity index (χ0v) is 9.17. The largest absolute Gasteiger partial charge is 0.472 e. The molecule has 0 fully saturated rings. The van der Waals surface area contributed by atoms with Crippen LogP contribution in [0.3, 0.4) is 0 Å². The van der Waals surface area contributed by atoms with Crippen LogP contribution in [0.25, 0.3) is 0 Å². The number of ketones is 1. The van der Waals surface area contributed by atoms with Crippen molar-refractivity contribution in [1.82, 2.24) is 0 Å². The van der Waals surface area contributed by atoms with Gasteiger partial charge in [-0.1, -0.05) is 20.8 Å². The van der Waals surface area contributed by atoms with Crippen molar-refractivity contribution in [2.45, 2.75) is 40.0 Å². The molecule has 78 valence electrons. The van der Waals surface area contributed by atoms with Crippen molar-refractivity contribution in [3.63, 3.8) is 0 Å². The second-order valence-electron chi connectivity index (χ2n) is 4.85. The van der Waals surface area contributed by atoms with Crippen LogP contribution in [-0.4, -0.2) is 5.78 Å². The summed E-state index contributed by atoms with van der Waals surface area (Å²) in [6, 6.07) is 1.72. The molecular formula is C12H18O2. The summed E-state index contributed by atoms with van der Waals surface area (Å²) in [5.74, 6) is 0.183. The number of hydrogen-bond acceptors (Lipinski definition) is 2. The maximum absolute atomic E-state index is 11.5. The molecule has 0 unspecified atom stereocenters. The highest BCUT2D eigenvalue weighted by atomic mass is 16.3. The van der Waals surface area contributed by atoms with Crippen LogP contribution in [0.4, 0.5) is 0 Å². The molecule has 0 aliphatic carbocycles. The quantitative estimate of drug-likeness (QED) is 0.684. The third-order valence-corrected chi connectivity index (χ3v) is 2.17. The lowest BCUT2D eigenvalue weighted by atomic mass is 9.89. The van der Waals surface area contributed by atoms with Crippen molar-refractivity contribution in [3.05, 3.63) is 24.2 Å². The molecule has 0 saturated carbocycles. The Morgan fingerprint density at radius 1 is 1.43 bits per heavy atom. The average molecular weight is 194 g/mol. The van der Waals surface area contributed by atoms with Crippen molar-refractivity contribution in [2.24, 2.45) is 5.41 Å². The fourth-order valence-electron chi connectivity index (χ4n) is 1.35. The van der Waals surface area contributed by atoms with Crippen molar-refractivity contribution >= 4 is 5.78 Å². The van der Waals surface area contributed by atoms with E-state index in [1.54, 1.807) is 6.07 Å². The number of carbonyl (C=O) groups excluding carboxylic acids is 1. The Labute approximate surface area is 85.3 Å². The summed E-state index contributed by atoms with van der Waals surface area (Å²) in [6.07, 6.45) is 5.71. The predicted octanol–water partition coefficient (Wildman–Crippen LogP) is 3.68. The van der Waals surface area contributed by atoms with E-state index in [9.17, 15) is 4.79 Å². The highest BCUT2D eigenvalue weighted by molar-refractivity contribution is 5.95. The number of Topliss-reactive ketones (excluding diaryl/α,β-unsaturated/α-hetero) is 1. The predicted molar refractivity (Wildman–Crippen MR) is 56.3 cm³/mol. The summed E-state index contributed by atoms with van der Waals surface area (Å²) in [5, 5.41) is 0. The molecule has 0 aliphatic rings. The van der Waals surface area contributed by atoms with Gasteiger partial charge in [-0.3, -0.25) is 4.79 Å². The molecule has 14 heavy (non-hydrogen) atoms. The zero-order valence-electron chi connectivity index (χ0n) is 9.17. The van der Waals surface area contributed by atoms with Crippen LogP contribution in [-0.2, 0) is 0 Å². The molecule has 0 aromatic carbocycles. The van der Waals surface area contributed by atoms with E-state index in [0.29, 0.717) is 17.4 Å². The minimum Gasteiger partial charge on any atom is -0.472 e. The molecule has 1 aromatic heterocycles. The Morgan fingerprint density at radius 2 is 2.14 bits per heavy atom. The molecular weight excluding hydrogens is 176 g/mol. The zero-order chi connectivity index (χ0) is 10.6. The van der Waals surface area contributed by atoms with Gasteiger partial charge in [0.15, 0.2) is 5.78 Å². The average Bonchev–Trinajstić information content (AvgIpc) is 2.53. The van der Waals surface area contributed by atoms with Gasteiger partial charge in [0.2, 0.25) is 0 Å². The maximum Gasteiger partial charge on any atom is 0.166 e. The molecule has 0 aliphatic heterocycles. The Kier molecular flexibility index (Phi) is 3.50. The van der Waals surface area contributed by atoms with E-state index in [0.717, 1.165) is 12.8 Å². The first-order valence-corrected chi connectivity index (χ1v) is 5.04. The van der Waals surface area contributed by atoms with Gasteiger partial charge in [0.25, 0.3) is 0 Å². The molecule has 0 atom stereocenters. The molecule has 2 heteroatoms. The van der Waals surface area contributed by atoms with Crippen molar-refractivity contribution in [1.29, 1.82) is 0 Å². The minimum atomic E-state index is 0.183. The summed E-state index contributed by atoms with van der Waals surface area (Å²) in [7, 11) is 0. The normalized spacial score (nSPS) is 11.6. The highest BCUT2D eigenvalue weighted by Crippen LogP contribution is 2.22. The standard InChI is InChI=1S/C12H18O2/c1-12(2,3)7-4-5-11(13)10-6-8-14-9-10/h6,8-9H,4-5,7H2,1-3H3. The molecule has 0 amide bonds. The minimum absolute atomic E-state index is 0.183. The van der Waals surface area contributed by atoms with Crippen molar-refractivity contribution in [2.75, 3.05) is 0 Å². The van der Waals surface area contributed by atoms with Crippen LogP contribution in [0.5, 0.6) is 0 Å². The SMILES string of the molecule is CC(C)(C)CCCC(=O)c1ccoc1. The van der Waals surface area contributed by atoms with Crippen LogP contribution in [0.15, 0.2) is 23.0 Å². The van der Waals surface area contributed by atoms with Gasteiger partial charge >= 0.3 is 0 Å². The third kappa shape index (κ3) is 3.77. The van der Waals surface area contributed by atoms with Crippen LogP contribution >= 0.6 is 0 Å². The Hall–Kier alpha value is -1.05. The van der Waals surface area contributed by atoms with E-state index >= 15 is 0 Å². The Balaban J connectivity index is 2.30. The number of furan rings is 1. The smallest absolute Gasteiger partial charge is 0.166 e. The second-order valence-corrected chi connectivity index (χ2v) is 4.85. The fourth-order valence-corrected chi connectivity index (χ4v) is 1.35. The molecule has 0 bridgehead atoms. The fraction of sp³-hybridized carbons (Fsp3) is 0.583. The Morgan fingerprint density at radius 3 is 2.64 bits per heavy atom. The summed E-state index contributed by atoms with van der Waals surface area (Å²) < 4.78 is 4.86. The first-order valence-electron chi connectivity index (χ1n) is 5.04. The molecule has 0 radical (unpaired) electrons. The number of hydrogen-bond donors (Lipinski definition) is 0. The monoisotopic (exact) mass is 194 g/mol. The van der Waals surface area contributed by atoms with E-state index in [2.05, 4.69) is 20.8 Å². The molecule has 0 saturated heterocycles. The van der Waals surface area contributed by atoms with Gasteiger partial charge in [0.1, 0.15) is 6.26 Å². The van der Waals surface area contributed by atoms with E-state index in [-0.39, 0.29) is 5.78 Å². The highest BCUT2D eigenvalue weighted by Gasteiger charge is 2.12. The summed E-state index contributed by atoms with van der Waals surface area (Å²) in [4.78, 5) is 11.5.